The molecule has 0 saturated heterocycles. The van der Waals surface area contributed by atoms with Crippen molar-refractivity contribution in [1.29, 1.82) is 0 Å². The van der Waals surface area contributed by atoms with Crippen LogP contribution < -0.4 is 5.32 Å². The summed E-state index contributed by atoms with van der Waals surface area (Å²) in [5, 5.41) is 13.0. The van der Waals surface area contributed by atoms with Crippen LogP contribution in [-0.2, 0) is 0 Å². The summed E-state index contributed by atoms with van der Waals surface area (Å²) < 4.78 is 5.60. The van der Waals surface area contributed by atoms with Gasteiger partial charge in [0.25, 0.3) is 0 Å². The number of furan rings is 1. The SMILES string of the molecule is CCC(NC(C)c1cc(C)oc1C)c1ccc(O)cc1. The minimum atomic E-state index is 0.228. The Morgan fingerprint density at radius 3 is 2.35 bits per heavy atom. The van der Waals surface area contributed by atoms with Crippen LogP contribution in [0.1, 0.15) is 55.0 Å². The first-order chi connectivity index (χ1) is 9.51. The van der Waals surface area contributed by atoms with Gasteiger partial charge in [-0.25, -0.2) is 0 Å². The van der Waals surface area contributed by atoms with Crippen LogP contribution in [0.25, 0.3) is 0 Å². The van der Waals surface area contributed by atoms with Gasteiger partial charge in [0, 0.05) is 17.6 Å². The summed E-state index contributed by atoms with van der Waals surface area (Å²) >= 11 is 0. The number of hydrogen-bond acceptors (Lipinski definition) is 3. The molecule has 0 saturated carbocycles. The van der Waals surface area contributed by atoms with Crippen molar-refractivity contribution in [2.45, 2.75) is 46.2 Å². The summed E-state index contributed by atoms with van der Waals surface area (Å²) in [6.07, 6.45) is 0.991. The lowest BCUT2D eigenvalue weighted by Crippen LogP contribution is -2.24. The van der Waals surface area contributed by atoms with Crippen molar-refractivity contribution in [3.8, 4) is 5.75 Å². The molecule has 2 rings (SSSR count). The molecule has 2 N–H and O–H groups in total. The molecular formula is C17H23NO2. The third-order valence-corrected chi connectivity index (χ3v) is 3.70. The highest BCUT2D eigenvalue weighted by Crippen LogP contribution is 2.26. The molecule has 0 radical (unpaired) electrons. The number of aromatic hydroxyl groups is 1. The molecule has 0 aliphatic heterocycles. The Labute approximate surface area is 120 Å². The minimum absolute atomic E-state index is 0.228. The maximum Gasteiger partial charge on any atom is 0.115 e. The van der Waals surface area contributed by atoms with Crippen LogP contribution in [-0.4, -0.2) is 5.11 Å². The highest BCUT2D eigenvalue weighted by molar-refractivity contribution is 5.29. The zero-order valence-corrected chi connectivity index (χ0v) is 12.6. The molecule has 0 spiro atoms. The molecule has 3 nitrogen and oxygen atoms in total. The third-order valence-electron chi connectivity index (χ3n) is 3.70. The summed E-state index contributed by atoms with van der Waals surface area (Å²) in [5.41, 5.74) is 2.40. The summed E-state index contributed by atoms with van der Waals surface area (Å²) in [4.78, 5) is 0. The smallest absolute Gasteiger partial charge is 0.115 e. The van der Waals surface area contributed by atoms with Crippen molar-refractivity contribution in [1.82, 2.24) is 5.32 Å². The quantitative estimate of drug-likeness (QED) is 0.848. The lowest BCUT2D eigenvalue weighted by molar-refractivity contribution is 0.442. The molecule has 0 aliphatic carbocycles. The number of benzene rings is 1. The van der Waals surface area contributed by atoms with E-state index in [2.05, 4.69) is 25.2 Å². The number of hydrogen-bond donors (Lipinski definition) is 2. The first-order valence-corrected chi connectivity index (χ1v) is 7.13. The van der Waals surface area contributed by atoms with Crippen molar-refractivity contribution in [3.05, 3.63) is 53.0 Å². The van der Waals surface area contributed by atoms with Gasteiger partial charge in [-0.15, -0.1) is 0 Å². The summed E-state index contributed by atoms with van der Waals surface area (Å²) in [6, 6.07) is 9.99. The maximum absolute atomic E-state index is 9.38. The molecule has 2 atom stereocenters. The fourth-order valence-corrected chi connectivity index (χ4v) is 2.63. The Hall–Kier alpha value is -1.74. The van der Waals surface area contributed by atoms with E-state index in [1.54, 1.807) is 12.1 Å². The normalized spacial score (nSPS) is 14.2. The first-order valence-electron chi connectivity index (χ1n) is 7.13. The second kappa shape index (κ2) is 6.14. The van der Waals surface area contributed by atoms with E-state index in [9.17, 15) is 5.11 Å². The van der Waals surface area contributed by atoms with Gasteiger partial charge in [-0.2, -0.15) is 0 Å². The molecule has 1 heterocycles. The van der Waals surface area contributed by atoms with Crippen LogP contribution in [0.3, 0.4) is 0 Å². The summed E-state index contributed by atoms with van der Waals surface area (Å²) in [5.74, 6) is 2.23. The van der Waals surface area contributed by atoms with Crippen molar-refractivity contribution in [2.24, 2.45) is 0 Å². The predicted molar refractivity (Wildman–Crippen MR) is 80.9 cm³/mol. The average Bonchev–Trinajstić information content (AvgIpc) is 2.76. The van der Waals surface area contributed by atoms with Crippen molar-refractivity contribution < 1.29 is 9.52 Å². The lowest BCUT2D eigenvalue weighted by atomic mass is 10.0. The summed E-state index contributed by atoms with van der Waals surface area (Å²) in [7, 11) is 0. The second-order valence-electron chi connectivity index (χ2n) is 5.31. The largest absolute Gasteiger partial charge is 0.508 e. The molecule has 2 unspecified atom stereocenters. The second-order valence-corrected chi connectivity index (χ2v) is 5.31. The van der Waals surface area contributed by atoms with Gasteiger partial charge in [-0.05, 0) is 51.0 Å². The van der Waals surface area contributed by atoms with Gasteiger partial charge < -0.3 is 14.8 Å². The molecule has 2 aromatic rings. The number of aryl methyl sites for hydroxylation is 2. The van der Waals surface area contributed by atoms with E-state index in [0.29, 0.717) is 5.75 Å². The van der Waals surface area contributed by atoms with Crippen molar-refractivity contribution in [2.75, 3.05) is 0 Å². The molecule has 1 aromatic heterocycles. The van der Waals surface area contributed by atoms with Crippen LogP contribution in [0.5, 0.6) is 5.75 Å². The van der Waals surface area contributed by atoms with Crippen LogP contribution in [0.15, 0.2) is 34.7 Å². The molecule has 1 aromatic carbocycles. The number of rotatable bonds is 5. The van der Waals surface area contributed by atoms with E-state index >= 15 is 0 Å². The van der Waals surface area contributed by atoms with E-state index in [1.807, 2.05) is 26.0 Å². The number of phenolic OH excluding ortho intramolecular Hbond substituents is 1. The van der Waals surface area contributed by atoms with Crippen LogP contribution in [0, 0.1) is 13.8 Å². The van der Waals surface area contributed by atoms with Crippen LogP contribution >= 0.6 is 0 Å². The van der Waals surface area contributed by atoms with Gasteiger partial charge >= 0.3 is 0 Å². The Morgan fingerprint density at radius 1 is 1.20 bits per heavy atom. The molecule has 0 amide bonds. The molecule has 0 aliphatic rings. The van der Waals surface area contributed by atoms with E-state index < -0.39 is 0 Å². The van der Waals surface area contributed by atoms with Gasteiger partial charge in [-0.3, -0.25) is 0 Å². The minimum Gasteiger partial charge on any atom is -0.508 e. The molecular weight excluding hydrogens is 250 g/mol. The maximum atomic E-state index is 9.38. The van der Waals surface area contributed by atoms with Crippen LogP contribution in [0.4, 0.5) is 0 Å². The standard InChI is InChI=1S/C17H23NO2/c1-5-17(14-6-8-15(19)9-7-14)18-12(3)16-10-11(2)20-13(16)4/h6-10,12,17-19H,5H2,1-4H3. The van der Waals surface area contributed by atoms with Gasteiger partial charge in [0.1, 0.15) is 17.3 Å². The first kappa shape index (κ1) is 14.7. The van der Waals surface area contributed by atoms with Crippen molar-refractivity contribution >= 4 is 0 Å². The zero-order chi connectivity index (χ0) is 14.7. The molecule has 20 heavy (non-hydrogen) atoms. The summed E-state index contributed by atoms with van der Waals surface area (Å²) in [6.45, 7) is 8.29. The topological polar surface area (TPSA) is 45.4 Å². The molecule has 0 bridgehead atoms. The molecule has 3 heteroatoms. The van der Waals surface area contributed by atoms with E-state index in [4.69, 9.17) is 4.42 Å². The van der Waals surface area contributed by atoms with E-state index in [1.165, 1.54) is 11.1 Å². The zero-order valence-electron chi connectivity index (χ0n) is 12.6. The molecule has 0 fully saturated rings. The van der Waals surface area contributed by atoms with Gasteiger partial charge in [0.05, 0.1) is 0 Å². The highest BCUT2D eigenvalue weighted by Gasteiger charge is 2.17. The van der Waals surface area contributed by atoms with Gasteiger partial charge in [0.15, 0.2) is 0 Å². The lowest BCUT2D eigenvalue weighted by Gasteiger charge is -2.22. The number of phenols is 1. The number of nitrogens with one attached hydrogen (secondary N) is 1. The van der Waals surface area contributed by atoms with Gasteiger partial charge in [-0.1, -0.05) is 19.1 Å². The molecule has 108 valence electrons. The highest BCUT2D eigenvalue weighted by atomic mass is 16.3. The van der Waals surface area contributed by atoms with E-state index in [-0.39, 0.29) is 12.1 Å². The fourth-order valence-electron chi connectivity index (χ4n) is 2.63. The monoisotopic (exact) mass is 273 g/mol. The Kier molecular flexibility index (Phi) is 4.50. The Balaban J connectivity index is 2.13. The third kappa shape index (κ3) is 3.23. The Bertz CT molecular complexity index is 557. The Morgan fingerprint density at radius 2 is 1.85 bits per heavy atom. The fraction of sp³-hybridized carbons (Fsp3) is 0.412. The van der Waals surface area contributed by atoms with Gasteiger partial charge in [0.2, 0.25) is 0 Å². The van der Waals surface area contributed by atoms with E-state index in [0.717, 1.165) is 17.9 Å². The average molecular weight is 273 g/mol. The van der Waals surface area contributed by atoms with Crippen LogP contribution in [0.2, 0.25) is 0 Å². The van der Waals surface area contributed by atoms with Crippen molar-refractivity contribution in [3.63, 3.8) is 0 Å². The predicted octanol–water partition coefficient (Wildman–Crippen LogP) is 4.40.